The standard InChI is InChI=1S/C23H28N4OS/c1-17(2)18(3)24-22(28)16-27(15-20-12-8-5-9-13-20)23-25-21(26-29-23)14-19-10-6-4-7-11-19/h4-13,17-18H,14-16H2,1-3H3,(H,24,28)/t18-/m0/s1. The van der Waals surface area contributed by atoms with Gasteiger partial charge in [-0.25, -0.2) is 4.98 Å². The number of hydrogen-bond acceptors (Lipinski definition) is 5. The molecule has 2 aromatic carbocycles. The molecule has 0 bridgehead atoms. The molecule has 1 heterocycles. The number of rotatable bonds is 9. The number of hydrogen-bond donors (Lipinski definition) is 1. The molecule has 1 aromatic heterocycles. The van der Waals surface area contributed by atoms with Crippen molar-refractivity contribution < 1.29 is 4.79 Å². The second-order valence-electron chi connectivity index (χ2n) is 7.60. The predicted octanol–water partition coefficient (Wildman–Crippen LogP) is 4.30. The molecule has 0 saturated heterocycles. The maximum absolute atomic E-state index is 12.6. The maximum Gasteiger partial charge on any atom is 0.239 e. The molecule has 0 saturated carbocycles. The van der Waals surface area contributed by atoms with E-state index >= 15 is 0 Å². The summed E-state index contributed by atoms with van der Waals surface area (Å²) in [4.78, 5) is 19.4. The van der Waals surface area contributed by atoms with Crippen molar-refractivity contribution in [2.45, 2.75) is 39.8 Å². The van der Waals surface area contributed by atoms with Crippen LogP contribution in [-0.4, -0.2) is 27.9 Å². The van der Waals surface area contributed by atoms with Gasteiger partial charge >= 0.3 is 0 Å². The van der Waals surface area contributed by atoms with Gasteiger partial charge in [0, 0.05) is 30.5 Å². The Labute approximate surface area is 177 Å². The first-order valence-electron chi connectivity index (χ1n) is 9.96. The van der Waals surface area contributed by atoms with Crippen molar-refractivity contribution in [2.24, 2.45) is 5.92 Å². The van der Waals surface area contributed by atoms with Gasteiger partial charge in [0.25, 0.3) is 0 Å². The zero-order valence-electron chi connectivity index (χ0n) is 17.2. The van der Waals surface area contributed by atoms with Gasteiger partial charge in [-0.15, -0.1) is 0 Å². The van der Waals surface area contributed by atoms with Gasteiger partial charge in [-0.3, -0.25) is 4.79 Å². The fraction of sp³-hybridized carbons (Fsp3) is 0.348. The number of nitrogens with zero attached hydrogens (tertiary/aromatic N) is 3. The molecule has 0 spiro atoms. The minimum Gasteiger partial charge on any atom is -0.352 e. The van der Waals surface area contributed by atoms with E-state index in [4.69, 9.17) is 4.98 Å². The molecule has 1 amide bonds. The van der Waals surface area contributed by atoms with E-state index in [2.05, 4.69) is 47.8 Å². The SMILES string of the molecule is CC(C)[C@H](C)NC(=O)CN(Cc1ccccc1)c1nc(Cc2ccccc2)ns1. The van der Waals surface area contributed by atoms with E-state index in [0.29, 0.717) is 18.9 Å². The first-order chi connectivity index (χ1) is 14.0. The van der Waals surface area contributed by atoms with E-state index in [9.17, 15) is 4.79 Å². The Kier molecular flexibility index (Phi) is 7.36. The van der Waals surface area contributed by atoms with Crippen LogP contribution in [0.25, 0.3) is 0 Å². The Morgan fingerprint density at radius 3 is 2.24 bits per heavy atom. The van der Waals surface area contributed by atoms with Crippen molar-refractivity contribution in [3.05, 3.63) is 77.6 Å². The van der Waals surface area contributed by atoms with E-state index in [1.165, 1.54) is 17.1 Å². The van der Waals surface area contributed by atoms with Crippen molar-refractivity contribution >= 4 is 22.6 Å². The van der Waals surface area contributed by atoms with Crippen LogP contribution >= 0.6 is 11.5 Å². The molecule has 0 radical (unpaired) electrons. The third kappa shape index (κ3) is 6.39. The lowest BCUT2D eigenvalue weighted by Gasteiger charge is -2.23. The monoisotopic (exact) mass is 408 g/mol. The molecule has 6 heteroatoms. The lowest BCUT2D eigenvalue weighted by atomic mass is 10.1. The quantitative estimate of drug-likeness (QED) is 0.574. The molecular weight excluding hydrogens is 380 g/mol. The average molecular weight is 409 g/mol. The van der Waals surface area contributed by atoms with E-state index in [-0.39, 0.29) is 18.5 Å². The van der Waals surface area contributed by atoms with E-state index in [0.717, 1.165) is 16.5 Å². The van der Waals surface area contributed by atoms with Gasteiger partial charge in [0.15, 0.2) is 0 Å². The van der Waals surface area contributed by atoms with Crippen molar-refractivity contribution in [1.82, 2.24) is 14.7 Å². The van der Waals surface area contributed by atoms with Crippen LogP contribution in [0.5, 0.6) is 0 Å². The summed E-state index contributed by atoms with van der Waals surface area (Å²) in [5.41, 5.74) is 2.31. The van der Waals surface area contributed by atoms with Crippen molar-refractivity contribution in [3.8, 4) is 0 Å². The summed E-state index contributed by atoms with van der Waals surface area (Å²) in [5, 5.41) is 3.86. The Morgan fingerprint density at radius 2 is 1.62 bits per heavy atom. The molecule has 1 N–H and O–H groups in total. The number of anilines is 1. The Morgan fingerprint density at radius 1 is 1.00 bits per heavy atom. The minimum absolute atomic E-state index is 0.00180. The van der Waals surface area contributed by atoms with Gasteiger partial charge in [-0.2, -0.15) is 4.37 Å². The smallest absolute Gasteiger partial charge is 0.239 e. The maximum atomic E-state index is 12.6. The van der Waals surface area contributed by atoms with Crippen molar-refractivity contribution in [3.63, 3.8) is 0 Å². The molecule has 5 nitrogen and oxygen atoms in total. The molecule has 152 valence electrons. The molecule has 29 heavy (non-hydrogen) atoms. The highest BCUT2D eigenvalue weighted by molar-refractivity contribution is 7.09. The molecule has 3 rings (SSSR count). The Hall–Kier alpha value is -2.73. The molecule has 0 aliphatic rings. The zero-order chi connectivity index (χ0) is 20.6. The fourth-order valence-corrected chi connectivity index (χ4v) is 3.54. The number of carbonyl (C=O) groups excluding carboxylic acids is 1. The van der Waals surface area contributed by atoms with Crippen LogP contribution in [0.4, 0.5) is 5.13 Å². The van der Waals surface area contributed by atoms with Crippen LogP contribution in [0.15, 0.2) is 60.7 Å². The molecule has 0 unspecified atom stereocenters. The molecule has 1 atom stereocenters. The highest BCUT2D eigenvalue weighted by Gasteiger charge is 2.19. The number of amides is 1. The topological polar surface area (TPSA) is 58.1 Å². The largest absolute Gasteiger partial charge is 0.352 e. The molecule has 0 aliphatic carbocycles. The van der Waals surface area contributed by atoms with Crippen LogP contribution in [0.2, 0.25) is 0 Å². The number of benzene rings is 2. The Bertz CT molecular complexity index is 896. The molecule has 3 aromatic rings. The summed E-state index contributed by atoms with van der Waals surface area (Å²) < 4.78 is 4.53. The summed E-state index contributed by atoms with van der Waals surface area (Å²) in [6, 6.07) is 20.5. The Balaban J connectivity index is 1.74. The zero-order valence-corrected chi connectivity index (χ0v) is 18.0. The molecule has 0 fully saturated rings. The summed E-state index contributed by atoms with van der Waals surface area (Å²) >= 11 is 1.35. The van der Waals surface area contributed by atoms with Gasteiger partial charge in [0.1, 0.15) is 5.82 Å². The van der Waals surface area contributed by atoms with E-state index < -0.39 is 0 Å². The van der Waals surface area contributed by atoms with Crippen LogP contribution in [0.3, 0.4) is 0 Å². The summed E-state index contributed by atoms with van der Waals surface area (Å²) in [6.45, 7) is 7.11. The highest BCUT2D eigenvalue weighted by Crippen LogP contribution is 2.21. The fourth-order valence-electron chi connectivity index (χ4n) is 2.86. The van der Waals surface area contributed by atoms with Crippen molar-refractivity contribution in [1.29, 1.82) is 0 Å². The molecule has 0 aliphatic heterocycles. The van der Waals surface area contributed by atoms with E-state index in [1.54, 1.807) is 0 Å². The summed E-state index contributed by atoms with van der Waals surface area (Å²) in [7, 11) is 0. The van der Waals surface area contributed by atoms with E-state index in [1.807, 2.05) is 48.2 Å². The summed E-state index contributed by atoms with van der Waals surface area (Å²) in [6.07, 6.45) is 0.688. The van der Waals surface area contributed by atoms with Crippen LogP contribution in [-0.2, 0) is 17.8 Å². The lowest BCUT2D eigenvalue weighted by Crippen LogP contribution is -2.42. The predicted molar refractivity (Wildman–Crippen MR) is 119 cm³/mol. The van der Waals surface area contributed by atoms with Gasteiger partial charge in [-0.05, 0) is 24.0 Å². The third-order valence-corrected chi connectivity index (χ3v) is 5.69. The summed E-state index contributed by atoms with van der Waals surface area (Å²) in [5.74, 6) is 1.17. The third-order valence-electron chi connectivity index (χ3n) is 4.87. The molecular formula is C23H28N4OS. The number of nitrogens with one attached hydrogen (secondary N) is 1. The van der Waals surface area contributed by atoms with Gasteiger partial charge in [-0.1, -0.05) is 74.5 Å². The normalized spacial score (nSPS) is 12.0. The van der Waals surface area contributed by atoms with Crippen LogP contribution in [0, 0.1) is 5.92 Å². The number of aromatic nitrogens is 2. The minimum atomic E-state index is 0.00180. The van der Waals surface area contributed by atoms with Crippen LogP contribution in [0.1, 0.15) is 37.7 Å². The van der Waals surface area contributed by atoms with Gasteiger partial charge in [0.2, 0.25) is 11.0 Å². The number of carbonyl (C=O) groups is 1. The van der Waals surface area contributed by atoms with Gasteiger partial charge < -0.3 is 10.2 Å². The highest BCUT2D eigenvalue weighted by atomic mass is 32.1. The first kappa shape index (κ1) is 21.0. The average Bonchev–Trinajstić information content (AvgIpc) is 3.17. The van der Waals surface area contributed by atoms with Gasteiger partial charge in [0.05, 0.1) is 6.54 Å². The first-order valence-corrected chi connectivity index (χ1v) is 10.7. The second-order valence-corrected chi connectivity index (χ2v) is 8.33. The lowest BCUT2D eigenvalue weighted by molar-refractivity contribution is -0.120. The van der Waals surface area contributed by atoms with Crippen LogP contribution < -0.4 is 10.2 Å². The second kappa shape index (κ2) is 10.2. The van der Waals surface area contributed by atoms with Crippen molar-refractivity contribution in [2.75, 3.05) is 11.4 Å².